The number of aliphatic hydroxyl groups excluding tert-OH is 3. The van der Waals surface area contributed by atoms with Gasteiger partial charge in [-0.1, -0.05) is 0 Å². The molecular formula is C25H32N6O4S. The molecule has 0 spiro atoms. The van der Waals surface area contributed by atoms with Gasteiger partial charge in [-0.05, 0) is 56.9 Å². The smallest absolute Gasteiger partial charge is 0.241 e. The number of rotatable bonds is 10. The molecule has 3 aliphatic rings. The van der Waals surface area contributed by atoms with Crippen molar-refractivity contribution in [1.29, 1.82) is 0 Å². The molecule has 192 valence electrons. The molecule has 0 saturated heterocycles. The highest BCUT2D eigenvalue weighted by Gasteiger charge is 2.41. The zero-order valence-electron chi connectivity index (χ0n) is 20.2. The summed E-state index contributed by atoms with van der Waals surface area (Å²) in [5.74, 6) is 2.48. The summed E-state index contributed by atoms with van der Waals surface area (Å²) in [6.07, 6.45) is 4.98. The maximum absolute atomic E-state index is 10.6. The Morgan fingerprint density at radius 2 is 1.89 bits per heavy atom. The third kappa shape index (κ3) is 4.84. The van der Waals surface area contributed by atoms with Crippen LogP contribution >= 0.6 is 11.3 Å². The van der Waals surface area contributed by atoms with Crippen LogP contribution in [0.2, 0.25) is 0 Å². The fourth-order valence-electron chi connectivity index (χ4n) is 4.72. The summed E-state index contributed by atoms with van der Waals surface area (Å²) in [4.78, 5) is 18.8. The van der Waals surface area contributed by atoms with E-state index in [2.05, 4.69) is 15.6 Å². The fraction of sp³-hybridized carbons (Fsp3) is 0.600. The first-order valence-electron chi connectivity index (χ1n) is 12.7. The number of aliphatic hydroxyl groups is 3. The normalized spacial score (nSPS) is 25.9. The van der Waals surface area contributed by atoms with Crippen molar-refractivity contribution in [3.05, 3.63) is 18.0 Å². The SMILES string of the molecule is Cc1nc(NCC2CC2)nc(NC2CC(CO)C(O)C2O)c1-c1nc2c(OCC3CC3)nccc2s1. The number of ether oxygens (including phenoxy) is 1. The van der Waals surface area contributed by atoms with Gasteiger partial charge in [0, 0.05) is 25.3 Å². The number of pyridine rings is 1. The van der Waals surface area contributed by atoms with Crippen molar-refractivity contribution in [2.75, 3.05) is 30.4 Å². The van der Waals surface area contributed by atoms with Gasteiger partial charge in [0.2, 0.25) is 11.8 Å². The molecule has 0 amide bonds. The van der Waals surface area contributed by atoms with Crippen LogP contribution in [-0.2, 0) is 0 Å². The van der Waals surface area contributed by atoms with E-state index in [9.17, 15) is 15.3 Å². The Hall–Kier alpha value is -2.60. The molecule has 3 fully saturated rings. The monoisotopic (exact) mass is 512 g/mol. The number of thiazole rings is 1. The van der Waals surface area contributed by atoms with E-state index in [0.29, 0.717) is 42.5 Å². The number of nitrogens with one attached hydrogen (secondary N) is 2. The fourth-order valence-corrected chi connectivity index (χ4v) is 5.77. The Balaban J connectivity index is 1.36. The highest BCUT2D eigenvalue weighted by atomic mass is 32.1. The van der Waals surface area contributed by atoms with Gasteiger partial charge in [-0.25, -0.2) is 15.0 Å². The van der Waals surface area contributed by atoms with E-state index in [-0.39, 0.29) is 6.61 Å². The summed E-state index contributed by atoms with van der Waals surface area (Å²) in [6, 6.07) is 1.47. The number of nitrogens with zero attached hydrogens (tertiary/aromatic N) is 4. The lowest BCUT2D eigenvalue weighted by Gasteiger charge is -2.21. The molecule has 3 aliphatic carbocycles. The van der Waals surface area contributed by atoms with E-state index in [4.69, 9.17) is 19.7 Å². The predicted molar refractivity (Wildman–Crippen MR) is 137 cm³/mol. The van der Waals surface area contributed by atoms with Gasteiger partial charge in [0.15, 0.2) is 0 Å². The highest BCUT2D eigenvalue weighted by Crippen LogP contribution is 2.40. The van der Waals surface area contributed by atoms with Crippen LogP contribution in [0.1, 0.15) is 37.8 Å². The van der Waals surface area contributed by atoms with Gasteiger partial charge in [0.1, 0.15) is 22.4 Å². The van der Waals surface area contributed by atoms with Crippen molar-refractivity contribution in [2.45, 2.75) is 57.3 Å². The molecule has 36 heavy (non-hydrogen) atoms. The molecule has 3 aromatic heterocycles. The van der Waals surface area contributed by atoms with Gasteiger partial charge in [0.25, 0.3) is 0 Å². The Morgan fingerprint density at radius 3 is 2.61 bits per heavy atom. The second-order valence-electron chi connectivity index (χ2n) is 10.3. The first kappa shape index (κ1) is 23.8. The van der Waals surface area contributed by atoms with E-state index in [0.717, 1.165) is 33.0 Å². The van der Waals surface area contributed by atoms with Gasteiger partial charge in [-0.3, -0.25) is 0 Å². The average molecular weight is 513 g/mol. The van der Waals surface area contributed by atoms with Crippen LogP contribution < -0.4 is 15.4 Å². The second-order valence-corrected chi connectivity index (χ2v) is 11.4. The van der Waals surface area contributed by atoms with Gasteiger partial charge < -0.3 is 30.7 Å². The predicted octanol–water partition coefficient (Wildman–Crippen LogP) is 2.58. The molecule has 0 aliphatic heterocycles. The molecular weight excluding hydrogens is 480 g/mol. The van der Waals surface area contributed by atoms with Crippen molar-refractivity contribution in [2.24, 2.45) is 17.8 Å². The molecule has 6 rings (SSSR count). The lowest BCUT2D eigenvalue weighted by atomic mass is 10.1. The van der Waals surface area contributed by atoms with E-state index < -0.39 is 24.2 Å². The Morgan fingerprint density at radius 1 is 1.08 bits per heavy atom. The van der Waals surface area contributed by atoms with Crippen LogP contribution in [0.15, 0.2) is 12.3 Å². The van der Waals surface area contributed by atoms with E-state index in [1.165, 1.54) is 37.0 Å². The third-order valence-corrected chi connectivity index (χ3v) is 8.37. The minimum absolute atomic E-state index is 0.186. The molecule has 11 heteroatoms. The molecule has 3 heterocycles. The van der Waals surface area contributed by atoms with Crippen LogP contribution in [-0.4, -0.2) is 73.3 Å². The number of anilines is 2. The highest BCUT2D eigenvalue weighted by molar-refractivity contribution is 7.21. The van der Waals surface area contributed by atoms with Crippen molar-refractivity contribution < 1.29 is 20.1 Å². The lowest BCUT2D eigenvalue weighted by molar-refractivity contribution is 0.00446. The number of aryl methyl sites for hydroxylation is 1. The number of hydrogen-bond donors (Lipinski definition) is 5. The molecule has 0 bridgehead atoms. The van der Waals surface area contributed by atoms with Crippen LogP contribution in [0.4, 0.5) is 11.8 Å². The van der Waals surface area contributed by atoms with Crippen LogP contribution in [0.25, 0.3) is 20.8 Å². The first-order chi connectivity index (χ1) is 17.5. The molecule has 10 nitrogen and oxygen atoms in total. The molecule has 3 saturated carbocycles. The molecule has 0 radical (unpaired) electrons. The van der Waals surface area contributed by atoms with Crippen molar-refractivity contribution in [3.63, 3.8) is 0 Å². The van der Waals surface area contributed by atoms with Gasteiger partial charge in [-0.2, -0.15) is 4.98 Å². The Bertz CT molecular complexity index is 1250. The zero-order chi connectivity index (χ0) is 24.8. The maximum atomic E-state index is 10.6. The minimum Gasteiger partial charge on any atom is -0.476 e. The molecule has 0 aromatic carbocycles. The van der Waals surface area contributed by atoms with E-state index >= 15 is 0 Å². The van der Waals surface area contributed by atoms with Crippen molar-refractivity contribution in [3.8, 4) is 16.5 Å². The lowest BCUT2D eigenvalue weighted by Crippen LogP contribution is -2.35. The van der Waals surface area contributed by atoms with Crippen LogP contribution in [0, 0.1) is 24.7 Å². The van der Waals surface area contributed by atoms with Gasteiger partial charge in [0.05, 0.1) is 34.7 Å². The summed E-state index contributed by atoms with van der Waals surface area (Å²) in [5.41, 5.74) is 2.22. The van der Waals surface area contributed by atoms with Crippen molar-refractivity contribution >= 4 is 33.3 Å². The molecule has 3 aromatic rings. The van der Waals surface area contributed by atoms with Gasteiger partial charge in [-0.15, -0.1) is 11.3 Å². The van der Waals surface area contributed by atoms with Crippen LogP contribution in [0.3, 0.4) is 0 Å². The van der Waals surface area contributed by atoms with E-state index in [1.54, 1.807) is 6.20 Å². The minimum atomic E-state index is -1.02. The molecule has 4 atom stereocenters. The van der Waals surface area contributed by atoms with Gasteiger partial charge >= 0.3 is 0 Å². The number of hydrogen-bond acceptors (Lipinski definition) is 11. The summed E-state index contributed by atoms with van der Waals surface area (Å²) >= 11 is 1.52. The quantitative estimate of drug-likeness (QED) is 0.275. The Kier molecular flexibility index (Phi) is 6.40. The average Bonchev–Trinajstić information content (AvgIpc) is 3.80. The summed E-state index contributed by atoms with van der Waals surface area (Å²) in [7, 11) is 0. The first-order valence-corrected chi connectivity index (χ1v) is 13.6. The largest absolute Gasteiger partial charge is 0.476 e. The Labute approximate surface area is 213 Å². The van der Waals surface area contributed by atoms with Crippen LogP contribution in [0.5, 0.6) is 5.88 Å². The maximum Gasteiger partial charge on any atom is 0.241 e. The summed E-state index contributed by atoms with van der Waals surface area (Å²) in [6.45, 7) is 3.22. The topological polar surface area (TPSA) is 146 Å². The standard InChI is InChI=1S/C25H32N6O4S/c1-12-18(24-30-19-17(36-24)6-7-26-23(19)35-11-14-4-5-14)22(31-25(28-12)27-9-13-2-3-13)29-16-8-15(10-32)20(33)21(16)34/h6-7,13-16,20-21,32-34H,2-5,8-11H2,1H3,(H2,27,28,29,31). The van der Waals surface area contributed by atoms with Crippen molar-refractivity contribution in [1.82, 2.24) is 19.9 Å². The molecule has 5 N–H and O–H groups in total. The zero-order valence-corrected chi connectivity index (χ0v) is 21.0. The number of aromatic nitrogens is 4. The number of fused-ring (bicyclic) bond motifs is 1. The van der Waals surface area contributed by atoms with E-state index in [1.807, 2.05) is 13.0 Å². The third-order valence-electron chi connectivity index (χ3n) is 7.33. The summed E-state index contributed by atoms with van der Waals surface area (Å²) < 4.78 is 6.94. The second kappa shape index (κ2) is 9.70. The molecule has 4 unspecified atom stereocenters. The summed E-state index contributed by atoms with van der Waals surface area (Å²) in [5, 5.41) is 38.0.